The molecule has 0 aromatic carbocycles. The predicted octanol–water partition coefficient (Wildman–Crippen LogP) is 3.86. The average molecular weight is 483 g/mol. The second-order valence-electron chi connectivity index (χ2n) is 10.3. The van der Waals surface area contributed by atoms with Crippen molar-refractivity contribution in [2.24, 2.45) is 11.8 Å². The second kappa shape index (κ2) is 12.4. The van der Waals surface area contributed by atoms with Gasteiger partial charge in [-0.3, -0.25) is 9.59 Å². The van der Waals surface area contributed by atoms with Gasteiger partial charge < -0.3 is 30.3 Å². The van der Waals surface area contributed by atoms with Crippen LogP contribution in [0.3, 0.4) is 0 Å². The molecule has 2 aliphatic carbocycles. The van der Waals surface area contributed by atoms with E-state index in [1.54, 1.807) is 41.5 Å². The van der Waals surface area contributed by atoms with Crippen LogP contribution >= 0.6 is 0 Å². The zero-order valence-electron chi connectivity index (χ0n) is 20.8. The molecule has 2 rings (SSSR count). The highest BCUT2D eigenvalue weighted by Gasteiger charge is 2.32. The van der Waals surface area contributed by atoms with Gasteiger partial charge in [-0.25, -0.2) is 9.59 Å². The third-order valence-electron chi connectivity index (χ3n) is 4.90. The van der Waals surface area contributed by atoms with Gasteiger partial charge >= 0.3 is 24.1 Å². The van der Waals surface area contributed by atoms with Crippen LogP contribution in [0, 0.1) is 11.8 Å². The molecule has 0 bridgehead atoms. The number of rotatable bonds is 4. The molecule has 0 aromatic rings. The molecule has 10 heteroatoms. The fourth-order valence-corrected chi connectivity index (χ4v) is 3.41. The number of carboxylic acid groups (broad SMARTS) is 2. The molecule has 4 N–H and O–H groups in total. The number of amides is 2. The summed E-state index contributed by atoms with van der Waals surface area (Å²) in [5.74, 6) is -2.94. The molecule has 2 aliphatic rings. The molecule has 0 saturated heterocycles. The molecule has 0 spiro atoms. The minimum Gasteiger partial charge on any atom is -0.481 e. The fourth-order valence-electron chi connectivity index (χ4n) is 3.41. The van der Waals surface area contributed by atoms with Gasteiger partial charge in [0.1, 0.15) is 11.2 Å². The average Bonchev–Trinajstić information content (AvgIpc) is 2.66. The Morgan fingerprint density at radius 1 is 0.647 bits per heavy atom. The van der Waals surface area contributed by atoms with Crippen molar-refractivity contribution in [3.05, 3.63) is 24.3 Å². The Balaban J connectivity index is 0.000000340. The zero-order valence-corrected chi connectivity index (χ0v) is 20.8. The van der Waals surface area contributed by atoms with Crippen LogP contribution in [-0.4, -0.2) is 57.6 Å². The maximum Gasteiger partial charge on any atom is 0.407 e. The number of ether oxygens (including phenoxy) is 2. The quantitative estimate of drug-likeness (QED) is 0.441. The molecule has 0 radical (unpaired) electrons. The van der Waals surface area contributed by atoms with E-state index in [2.05, 4.69) is 10.6 Å². The number of carbonyl (C=O) groups is 4. The Hall–Kier alpha value is -3.04. The Kier molecular flexibility index (Phi) is 10.6. The zero-order chi connectivity index (χ0) is 26.1. The number of nitrogens with one attached hydrogen (secondary N) is 2. The first-order valence-electron chi connectivity index (χ1n) is 11.3. The van der Waals surface area contributed by atoms with Crippen molar-refractivity contribution >= 4 is 24.1 Å². The van der Waals surface area contributed by atoms with E-state index in [9.17, 15) is 19.2 Å². The monoisotopic (exact) mass is 482 g/mol. The van der Waals surface area contributed by atoms with E-state index < -0.39 is 59.2 Å². The number of carboxylic acids is 2. The lowest BCUT2D eigenvalue weighted by Gasteiger charge is -2.28. The lowest BCUT2D eigenvalue weighted by Crippen LogP contribution is -2.45. The molecular formula is C24H38N2O8. The lowest BCUT2D eigenvalue weighted by atomic mass is 9.89. The minimum absolute atomic E-state index is 0.396. The van der Waals surface area contributed by atoms with Crippen molar-refractivity contribution in [3.8, 4) is 0 Å². The van der Waals surface area contributed by atoms with Crippen LogP contribution in [0.25, 0.3) is 0 Å². The third-order valence-corrected chi connectivity index (χ3v) is 4.90. The summed E-state index contributed by atoms with van der Waals surface area (Å²) in [6.45, 7) is 10.6. The smallest absolute Gasteiger partial charge is 0.407 e. The minimum atomic E-state index is -0.893. The van der Waals surface area contributed by atoms with Crippen molar-refractivity contribution < 1.29 is 38.9 Å². The topological polar surface area (TPSA) is 151 Å². The molecule has 0 fully saturated rings. The largest absolute Gasteiger partial charge is 0.481 e. The van der Waals surface area contributed by atoms with Gasteiger partial charge in [0.15, 0.2) is 0 Å². The van der Waals surface area contributed by atoms with Gasteiger partial charge in [-0.2, -0.15) is 0 Å². The van der Waals surface area contributed by atoms with Gasteiger partial charge in [0.2, 0.25) is 0 Å². The van der Waals surface area contributed by atoms with Crippen molar-refractivity contribution in [1.29, 1.82) is 0 Å². The van der Waals surface area contributed by atoms with Gasteiger partial charge in [-0.1, -0.05) is 24.3 Å². The first-order chi connectivity index (χ1) is 15.6. The highest BCUT2D eigenvalue weighted by molar-refractivity contribution is 5.75. The summed E-state index contributed by atoms with van der Waals surface area (Å²) in [5.41, 5.74) is -1.15. The molecule has 0 saturated carbocycles. The van der Waals surface area contributed by atoms with Crippen LogP contribution in [0.1, 0.15) is 67.2 Å². The summed E-state index contributed by atoms with van der Waals surface area (Å²) in [6, 6.07) is -0.792. The van der Waals surface area contributed by atoms with E-state index >= 15 is 0 Å². The summed E-state index contributed by atoms with van der Waals surface area (Å²) in [5, 5.41) is 23.3. The van der Waals surface area contributed by atoms with E-state index in [-0.39, 0.29) is 0 Å². The van der Waals surface area contributed by atoms with E-state index in [1.807, 2.05) is 24.3 Å². The standard InChI is InChI=1S/2C12H19NO4/c2*1-12(2,3)17-11(16)13-9-7-5-4-6-8(9)10(14)15/h2*4-5,8-9H,6-7H2,1-3H3,(H,13,16)(H,14,15)/t2*8-,9+/m10/s1. The van der Waals surface area contributed by atoms with E-state index in [1.165, 1.54) is 0 Å². The number of aliphatic carboxylic acids is 2. The number of alkyl carbamates (subject to hydrolysis) is 2. The van der Waals surface area contributed by atoms with E-state index in [4.69, 9.17) is 19.7 Å². The first kappa shape index (κ1) is 29.0. The molecule has 4 atom stereocenters. The van der Waals surface area contributed by atoms with Crippen LogP contribution in [0.2, 0.25) is 0 Å². The summed E-state index contributed by atoms with van der Waals surface area (Å²) in [6.07, 6.45) is 8.20. The molecule has 10 nitrogen and oxygen atoms in total. The van der Waals surface area contributed by atoms with Gasteiger partial charge in [0.25, 0.3) is 0 Å². The van der Waals surface area contributed by atoms with Crippen molar-refractivity contribution in [3.63, 3.8) is 0 Å². The molecule has 2 amide bonds. The van der Waals surface area contributed by atoms with Gasteiger partial charge in [0.05, 0.1) is 11.8 Å². The number of carbonyl (C=O) groups excluding carboxylic acids is 2. The summed E-state index contributed by atoms with van der Waals surface area (Å²) in [7, 11) is 0. The molecule has 0 aromatic heterocycles. The van der Waals surface area contributed by atoms with Crippen molar-refractivity contribution in [2.75, 3.05) is 0 Å². The Morgan fingerprint density at radius 3 is 1.21 bits per heavy atom. The third kappa shape index (κ3) is 11.2. The van der Waals surface area contributed by atoms with Crippen LogP contribution in [0.5, 0.6) is 0 Å². The van der Waals surface area contributed by atoms with E-state index in [0.29, 0.717) is 25.7 Å². The fraction of sp³-hybridized carbons (Fsp3) is 0.667. The lowest BCUT2D eigenvalue weighted by molar-refractivity contribution is -0.143. The Morgan fingerprint density at radius 2 is 0.941 bits per heavy atom. The van der Waals surface area contributed by atoms with Crippen LogP contribution < -0.4 is 10.6 Å². The summed E-state index contributed by atoms with van der Waals surface area (Å²) in [4.78, 5) is 45.1. The molecule has 0 heterocycles. The molecular weight excluding hydrogens is 444 g/mol. The number of allylic oxidation sites excluding steroid dienone is 2. The number of hydrogen-bond acceptors (Lipinski definition) is 6. The normalized spacial score (nSPS) is 24.2. The van der Waals surface area contributed by atoms with Crippen LogP contribution in [0.4, 0.5) is 9.59 Å². The van der Waals surface area contributed by atoms with Crippen LogP contribution in [0.15, 0.2) is 24.3 Å². The maximum atomic E-state index is 11.5. The SMILES string of the molecule is CC(C)(C)OC(=O)N[C@@H]1CC=CC[C@@H]1C(=O)O.CC(C)(C)OC(=O)N[C@H]1CC=CC[C@H]1C(=O)O. The van der Waals surface area contributed by atoms with Crippen LogP contribution in [-0.2, 0) is 19.1 Å². The Bertz CT molecular complexity index is 726. The summed E-state index contributed by atoms with van der Waals surface area (Å²) >= 11 is 0. The number of hydrogen-bond donors (Lipinski definition) is 4. The highest BCUT2D eigenvalue weighted by Crippen LogP contribution is 2.21. The van der Waals surface area contributed by atoms with Gasteiger partial charge in [-0.05, 0) is 67.2 Å². The summed E-state index contributed by atoms with van der Waals surface area (Å²) < 4.78 is 10.2. The molecule has 34 heavy (non-hydrogen) atoms. The molecule has 0 aliphatic heterocycles. The second-order valence-corrected chi connectivity index (χ2v) is 10.3. The predicted molar refractivity (Wildman–Crippen MR) is 125 cm³/mol. The maximum absolute atomic E-state index is 11.5. The molecule has 0 unspecified atom stereocenters. The highest BCUT2D eigenvalue weighted by atomic mass is 16.6. The van der Waals surface area contributed by atoms with Crippen molar-refractivity contribution in [2.45, 2.75) is 90.5 Å². The Labute approximate surface area is 200 Å². The molecule has 192 valence electrons. The van der Waals surface area contributed by atoms with Gasteiger partial charge in [0, 0.05) is 12.1 Å². The van der Waals surface area contributed by atoms with E-state index in [0.717, 1.165) is 0 Å². The van der Waals surface area contributed by atoms with Crippen molar-refractivity contribution in [1.82, 2.24) is 10.6 Å². The first-order valence-corrected chi connectivity index (χ1v) is 11.3. The van der Waals surface area contributed by atoms with Gasteiger partial charge in [-0.15, -0.1) is 0 Å².